The highest BCUT2D eigenvalue weighted by atomic mass is 16.5. The van der Waals surface area contributed by atoms with Crippen LogP contribution in [0.2, 0.25) is 0 Å². The van der Waals surface area contributed by atoms with Crippen molar-refractivity contribution in [1.82, 2.24) is 5.32 Å². The van der Waals surface area contributed by atoms with E-state index in [0.717, 1.165) is 17.0 Å². The summed E-state index contributed by atoms with van der Waals surface area (Å²) >= 11 is 0. The first-order valence-corrected chi connectivity index (χ1v) is 6.98. The van der Waals surface area contributed by atoms with Crippen molar-refractivity contribution >= 4 is 11.6 Å². The summed E-state index contributed by atoms with van der Waals surface area (Å²) in [7, 11) is 1.93. The van der Waals surface area contributed by atoms with Crippen LogP contribution in [0.5, 0.6) is 5.75 Å². The molecule has 1 unspecified atom stereocenters. The van der Waals surface area contributed by atoms with Crippen molar-refractivity contribution in [3.05, 3.63) is 59.2 Å². The number of hydrogen-bond acceptors (Lipinski definition) is 3. The predicted octanol–water partition coefficient (Wildman–Crippen LogP) is 2.63. The molecule has 0 saturated heterocycles. The first-order chi connectivity index (χ1) is 10.2. The van der Waals surface area contributed by atoms with E-state index in [9.17, 15) is 4.79 Å². The quantitative estimate of drug-likeness (QED) is 0.910. The van der Waals surface area contributed by atoms with E-state index in [-0.39, 0.29) is 18.6 Å². The molecule has 1 amide bonds. The zero-order valence-electron chi connectivity index (χ0n) is 12.1. The largest absolute Gasteiger partial charge is 0.482 e. The van der Waals surface area contributed by atoms with Gasteiger partial charge in [0.05, 0.1) is 11.7 Å². The third-order valence-corrected chi connectivity index (χ3v) is 3.67. The molecule has 3 rings (SSSR count). The van der Waals surface area contributed by atoms with Crippen molar-refractivity contribution < 1.29 is 9.53 Å². The Kier molecular flexibility index (Phi) is 3.62. The smallest absolute Gasteiger partial charge is 0.262 e. The second-order valence-corrected chi connectivity index (χ2v) is 5.22. The number of amides is 1. The van der Waals surface area contributed by atoms with Crippen molar-refractivity contribution in [1.29, 1.82) is 0 Å². The Bertz CT molecular complexity index is 665. The second kappa shape index (κ2) is 5.58. The maximum atomic E-state index is 11.4. The van der Waals surface area contributed by atoms with Crippen LogP contribution >= 0.6 is 0 Å². The molecule has 2 N–H and O–H groups in total. The molecule has 0 radical (unpaired) electrons. The molecule has 0 saturated carbocycles. The lowest BCUT2D eigenvalue weighted by molar-refractivity contribution is -0.118. The van der Waals surface area contributed by atoms with Gasteiger partial charge in [-0.25, -0.2) is 0 Å². The molecule has 2 aromatic carbocycles. The third-order valence-electron chi connectivity index (χ3n) is 3.67. The summed E-state index contributed by atoms with van der Waals surface area (Å²) in [6, 6.07) is 14.4. The molecule has 1 heterocycles. The van der Waals surface area contributed by atoms with E-state index in [1.165, 1.54) is 11.1 Å². The number of anilines is 1. The lowest BCUT2D eigenvalue weighted by Crippen LogP contribution is -2.26. The van der Waals surface area contributed by atoms with Crippen molar-refractivity contribution in [2.24, 2.45) is 0 Å². The van der Waals surface area contributed by atoms with Gasteiger partial charge < -0.3 is 15.4 Å². The number of ether oxygens (including phenoxy) is 1. The molecule has 4 heteroatoms. The highest BCUT2D eigenvalue weighted by Crippen LogP contribution is 2.32. The highest BCUT2D eigenvalue weighted by molar-refractivity contribution is 5.95. The van der Waals surface area contributed by atoms with E-state index < -0.39 is 0 Å². The summed E-state index contributed by atoms with van der Waals surface area (Å²) in [5.74, 6) is 0.605. The number of carbonyl (C=O) groups excluding carboxylic acids is 1. The van der Waals surface area contributed by atoms with E-state index in [4.69, 9.17) is 4.74 Å². The lowest BCUT2D eigenvalue weighted by atomic mass is 9.97. The normalized spacial score (nSPS) is 14.9. The number of carbonyl (C=O) groups is 1. The van der Waals surface area contributed by atoms with Crippen LogP contribution in [0.15, 0.2) is 42.5 Å². The zero-order valence-corrected chi connectivity index (χ0v) is 12.1. The molecule has 0 aliphatic carbocycles. The number of rotatable bonds is 3. The number of benzene rings is 2. The monoisotopic (exact) mass is 282 g/mol. The van der Waals surface area contributed by atoms with Crippen LogP contribution in [0.3, 0.4) is 0 Å². The molecule has 0 fully saturated rings. The second-order valence-electron chi connectivity index (χ2n) is 5.22. The molecule has 2 aromatic rings. The average Bonchev–Trinajstić information content (AvgIpc) is 2.49. The van der Waals surface area contributed by atoms with E-state index in [0.29, 0.717) is 0 Å². The van der Waals surface area contributed by atoms with Crippen molar-refractivity contribution in [3.8, 4) is 5.75 Å². The highest BCUT2D eigenvalue weighted by Gasteiger charge is 2.19. The molecule has 0 spiro atoms. The molecule has 1 atom stereocenters. The van der Waals surface area contributed by atoms with E-state index >= 15 is 0 Å². The van der Waals surface area contributed by atoms with Crippen LogP contribution < -0.4 is 15.4 Å². The van der Waals surface area contributed by atoms with Crippen molar-refractivity contribution in [2.75, 3.05) is 19.0 Å². The fraction of sp³-hybridized carbons (Fsp3) is 0.235. The Labute approximate surface area is 124 Å². The van der Waals surface area contributed by atoms with Gasteiger partial charge >= 0.3 is 0 Å². The minimum absolute atomic E-state index is 0.0785. The fourth-order valence-electron chi connectivity index (χ4n) is 2.56. The summed E-state index contributed by atoms with van der Waals surface area (Å²) in [4.78, 5) is 11.4. The molecule has 1 aliphatic rings. The molecule has 0 bridgehead atoms. The summed E-state index contributed by atoms with van der Waals surface area (Å²) in [5.41, 5.74) is 4.24. The van der Waals surface area contributed by atoms with Gasteiger partial charge in [-0.1, -0.05) is 35.9 Å². The molecule has 21 heavy (non-hydrogen) atoms. The minimum Gasteiger partial charge on any atom is -0.482 e. The number of hydrogen-bond donors (Lipinski definition) is 2. The Morgan fingerprint density at radius 2 is 1.86 bits per heavy atom. The topological polar surface area (TPSA) is 50.4 Å². The van der Waals surface area contributed by atoms with Crippen LogP contribution in [-0.2, 0) is 4.79 Å². The van der Waals surface area contributed by atoms with Crippen LogP contribution in [0.25, 0.3) is 0 Å². The zero-order chi connectivity index (χ0) is 14.8. The van der Waals surface area contributed by atoms with Gasteiger partial charge in [0.15, 0.2) is 6.61 Å². The van der Waals surface area contributed by atoms with Gasteiger partial charge in [-0.15, -0.1) is 0 Å². The Morgan fingerprint density at radius 3 is 2.57 bits per heavy atom. The van der Waals surface area contributed by atoms with Crippen LogP contribution in [0.1, 0.15) is 22.7 Å². The standard InChI is InChI=1S/C17H18N2O2/c1-11-3-5-12(6-4-11)17(18-2)13-7-8-15-14(9-13)19-16(20)10-21-15/h3-9,17-18H,10H2,1-2H3,(H,19,20). The van der Waals surface area contributed by atoms with Crippen molar-refractivity contribution in [3.63, 3.8) is 0 Å². The van der Waals surface area contributed by atoms with Crippen molar-refractivity contribution in [2.45, 2.75) is 13.0 Å². The fourth-order valence-corrected chi connectivity index (χ4v) is 2.56. The van der Waals surface area contributed by atoms with Gasteiger partial charge in [-0.3, -0.25) is 4.79 Å². The summed E-state index contributed by atoms with van der Waals surface area (Å²) in [6.45, 7) is 2.16. The number of nitrogens with one attached hydrogen (secondary N) is 2. The maximum absolute atomic E-state index is 11.4. The summed E-state index contributed by atoms with van der Waals surface area (Å²) < 4.78 is 5.39. The first-order valence-electron chi connectivity index (χ1n) is 6.98. The van der Waals surface area contributed by atoms with Gasteiger partial charge in [0.1, 0.15) is 5.75 Å². The molecule has 108 valence electrons. The number of fused-ring (bicyclic) bond motifs is 1. The summed E-state index contributed by atoms with van der Waals surface area (Å²) in [6.07, 6.45) is 0. The molecule has 4 nitrogen and oxygen atoms in total. The Morgan fingerprint density at radius 1 is 1.14 bits per heavy atom. The van der Waals surface area contributed by atoms with Gasteiger partial charge in [-0.05, 0) is 37.2 Å². The SMILES string of the molecule is CNC(c1ccc(C)cc1)c1ccc2c(c1)NC(=O)CO2. The molecule has 1 aliphatic heterocycles. The first kappa shape index (κ1) is 13.6. The van der Waals surface area contributed by atoms with Crippen LogP contribution in [0.4, 0.5) is 5.69 Å². The number of aryl methyl sites for hydroxylation is 1. The predicted molar refractivity (Wildman–Crippen MR) is 82.6 cm³/mol. The van der Waals surface area contributed by atoms with E-state index in [1.54, 1.807) is 0 Å². The maximum Gasteiger partial charge on any atom is 0.262 e. The Hall–Kier alpha value is -2.33. The van der Waals surface area contributed by atoms with Gasteiger partial charge in [0, 0.05) is 0 Å². The Balaban J connectivity index is 1.96. The molecular formula is C17H18N2O2. The molecular weight excluding hydrogens is 264 g/mol. The lowest BCUT2D eigenvalue weighted by Gasteiger charge is -2.22. The van der Waals surface area contributed by atoms with Crippen LogP contribution in [0, 0.1) is 6.92 Å². The third kappa shape index (κ3) is 2.76. The summed E-state index contributed by atoms with van der Waals surface area (Å²) in [5, 5.41) is 6.17. The van der Waals surface area contributed by atoms with E-state index in [1.807, 2.05) is 25.2 Å². The van der Waals surface area contributed by atoms with Gasteiger partial charge in [0.25, 0.3) is 5.91 Å². The van der Waals surface area contributed by atoms with Gasteiger partial charge in [0.2, 0.25) is 0 Å². The van der Waals surface area contributed by atoms with Crippen LogP contribution in [-0.4, -0.2) is 19.6 Å². The molecule has 0 aromatic heterocycles. The van der Waals surface area contributed by atoms with E-state index in [2.05, 4.69) is 41.8 Å². The van der Waals surface area contributed by atoms with Gasteiger partial charge in [-0.2, -0.15) is 0 Å². The average molecular weight is 282 g/mol. The minimum atomic E-state index is -0.115.